The van der Waals surface area contributed by atoms with Crippen molar-refractivity contribution < 1.29 is 19.3 Å². The average molecular weight is 350 g/mol. The predicted octanol–water partition coefficient (Wildman–Crippen LogP) is 0.353. The maximum absolute atomic E-state index is 13.5. The van der Waals surface area contributed by atoms with E-state index < -0.39 is 6.04 Å². The quantitative estimate of drug-likeness (QED) is 0.285. The average Bonchev–Trinajstić information content (AvgIpc) is 3.24. The number of aryl methyl sites for hydroxylation is 1. The van der Waals surface area contributed by atoms with Crippen LogP contribution in [0.25, 0.3) is 0 Å². The van der Waals surface area contributed by atoms with E-state index in [2.05, 4.69) is 25.3 Å². The van der Waals surface area contributed by atoms with Gasteiger partial charge in [0.15, 0.2) is 11.5 Å². The molecule has 0 bridgehead atoms. The Bertz CT molecular complexity index is 765. The first-order valence-corrected chi connectivity index (χ1v) is 7.81. The SMILES string of the molecule is N[C@H](CO)CNc1nonc1C(=NC1CCc2ccc(F)cc21)NO. The smallest absolute Gasteiger partial charge is 0.202 e. The fourth-order valence-corrected chi connectivity index (χ4v) is 2.74. The van der Waals surface area contributed by atoms with Crippen molar-refractivity contribution in [2.45, 2.75) is 24.9 Å². The number of aliphatic imine (C=N–C) groups is 1. The largest absolute Gasteiger partial charge is 0.395 e. The number of nitrogens with zero attached hydrogens (tertiary/aromatic N) is 3. The van der Waals surface area contributed by atoms with E-state index in [-0.39, 0.29) is 42.4 Å². The number of benzene rings is 1. The van der Waals surface area contributed by atoms with Gasteiger partial charge in [0.25, 0.3) is 0 Å². The Balaban J connectivity index is 1.84. The number of nitrogens with one attached hydrogen (secondary N) is 2. The fourth-order valence-electron chi connectivity index (χ4n) is 2.74. The zero-order valence-electron chi connectivity index (χ0n) is 13.3. The first-order chi connectivity index (χ1) is 12.1. The number of hydroxylamine groups is 1. The van der Waals surface area contributed by atoms with E-state index in [9.17, 15) is 9.60 Å². The van der Waals surface area contributed by atoms with Crippen molar-refractivity contribution in [3.05, 3.63) is 40.8 Å². The Labute approximate surface area is 142 Å². The van der Waals surface area contributed by atoms with Gasteiger partial charge in [0, 0.05) is 12.6 Å². The van der Waals surface area contributed by atoms with E-state index >= 15 is 0 Å². The van der Waals surface area contributed by atoms with Gasteiger partial charge in [0.1, 0.15) is 5.82 Å². The van der Waals surface area contributed by atoms with Gasteiger partial charge in [-0.05, 0) is 46.4 Å². The first-order valence-electron chi connectivity index (χ1n) is 7.81. The van der Waals surface area contributed by atoms with Crippen LogP contribution in [-0.4, -0.2) is 45.7 Å². The van der Waals surface area contributed by atoms with E-state index in [0.29, 0.717) is 6.42 Å². The molecule has 6 N–H and O–H groups in total. The summed E-state index contributed by atoms with van der Waals surface area (Å²) in [6.07, 6.45) is 1.46. The minimum absolute atomic E-state index is 0.0448. The fraction of sp³-hybridized carbons (Fsp3) is 0.400. The molecule has 2 aromatic rings. The molecule has 1 aromatic heterocycles. The van der Waals surface area contributed by atoms with Crippen LogP contribution in [0.2, 0.25) is 0 Å². The number of fused-ring (bicyclic) bond motifs is 1. The lowest BCUT2D eigenvalue weighted by Crippen LogP contribution is -2.33. The number of hydrogen-bond acceptors (Lipinski definition) is 8. The van der Waals surface area contributed by atoms with Crippen molar-refractivity contribution in [2.24, 2.45) is 10.7 Å². The number of aliphatic hydroxyl groups excluding tert-OH is 1. The molecule has 1 heterocycles. The third-order valence-corrected chi connectivity index (χ3v) is 4.02. The van der Waals surface area contributed by atoms with Crippen LogP contribution < -0.4 is 16.5 Å². The molecule has 0 aliphatic heterocycles. The summed E-state index contributed by atoms with van der Waals surface area (Å²) in [5.74, 6) is -0.0621. The molecule has 1 aliphatic rings. The third-order valence-electron chi connectivity index (χ3n) is 4.02. The molecule has 0 amide bonds. The molecule has 0 spiro atoms. The number of amidine groups is 1. The van der Waals surface area contributed by atoms with Gasteiger partial charge >= 0.3 is 0 Å². The lowest BCUT2D eigenvalue weighted by molar-refractivity contribution is 0.233. The van der Waals surface area contributed by atoms with Gasteiger partial charge < -0.3 is 16.2 Å². The molecule has 0 radical (unpaired) electrons. The van der Waals surface area contributed by atoms with Crippen LogP contribution in [-0.2, 0) is 6.42 Å². The molecule has 25 heavy (non-hydrogen) atoms. The Hall–Kier alpha value is -2.56. The zero-order valence-corrected chi connectivity index (χ0v) is 13.3. The molecule has 1 aromatic carbocycles. The number of anilines is 1. The predicted molar refractivity (Wildman–Crippen MR) is 86.8 cm³/mol. The second kappa shape index (κ2) is 7.55. The lowest BCUT2D eigenvalue weighted by atomic mass is 10.1. The summed E-state index contributed by atoms with van der Waals surface area (Å²) in [6, 6.07) is 3.81. The molecule has 2 atom stereocenters. The van der Waals surface area contributed by atoms with Gasteiger partial charge in [-0.2, -0.15) is 0 Å². The highest BCUT2D eigenvalue weighted by molar-refractivity contribution is 6.00. The van der Waals surface area contributed by atoms with Crippen LogP contribution in [0, 0.1) is 5.82 Å². The van der Waals surface area contributed by atoms with Crippen LogP contribution in [0.3, 0.4) is 0 Å². The number of aromatic nitrogens is 2. The summed E-state index contributed by atoms with van der Waals surface area (Å²) in [5.41, 5.74) is 9.59. The third kappa shape index (κ3) is 3.76. The van der Waals surface area contributed by atoms with Gasteiger partial charge in [-0.15, -0.1) is 0 Å². The van der Waals surface area contributed by atoms with Crippen LogP contribution in [0.4, 0.5) is 10.2 Å². The maximum Gasteiger partial charge on any atom is 0.202 e. The van der Waals surface area contributed by atoms with Crippen molar-refractivity contribution >= 4 is 11.7 Å². The Morgan fingerprint density at radius 1 is 1.48 bits per heavy atom. The normalized spacial score (nSPS) is 18.1. The van der Waals surface area contributed by atoms with Crippen molar-refractivity contribution in [2.75, 3.05) is 18.5 Å². The van der Waals surface area contributed by atoms with E-state index in [4.69, 9.17) is 10.8 Å². The lowest BCUT2D eigenvalue weighted by Gasteiger charge is -2.11. The van der Waals surface area contributed by atoms with Crippen molar-refractivity contribution in [3.8, 4) is 0 Å². The molecule has 0 saturated heterocycles. The molecule has 0 fully saturated rings. The molecule has 3 rings (SSSR count). The van der Waals surface area contributed by atoms with E-state index in [0.717, 1.165) is 17.5 Å². The molecular weight excluding hydrogens is 331 g/mol. The zero-order chi connectivity index (χ0) is 17.8. The van der Waals surface area contributed by atoms with Crippen LogP contribution in [0.15, 0.2) is 27.8 Å². The van der Waals surface area contributed by atoms with Gasteiger partial charge in [0.05, 0.1) is 12.6 Å². The number of rotatable bonds is 6. The second-order valence-electron chi connectivity index (χ2n) is 5.77. The maximum atomic E-state index is 13.5. The Morgan fingerprint density at radius 3 is 3.08 bits per heavy atom. The number of halogens is 1. The minimum atomic E-state index is -0.489. The van der Waals surface area contributed by atoms with E-state index in [1.54, 1.807) is 6.07 Å². The topological polar surface area (TPSA) is 142 Å². The number of hydrogen-bond donors (Lipinski definition) is 5. The van der Waals surface area contributed by atoms with Gasteiger partial charge in [-0.3, -0.25) is 15.7 Å². The number of aliphatic hydroxyl groups is 1. The molecule has 134 valence electrons. The van der Waals surface area contributed by atoms with E-state index in [1.807, 2.05) is 5.48 Å². The van der Waals surface area contributed by atoms with Crippen molar-refractivity contribution in [1.29, 1.82) is 0 Å². The Kier molecular flexibility index (Phi) is 5.22. The second-order valence-corrected chi connectivity index (χ2v) is 5.77. The van der Waals surface area contributed by atoms with Crippen LogP contribution in [0.1, 0.15) is 29.3 Å². The first kappa shape index (κ1) is 17.3. The van der Waals surface area contributed by atoms with Crippen LogP contribution in [0.5, 0.6) is 0 Å². The monoisotopic (exact) mass is 350 g/mol. The van der Waals surface area contributed by atoms with E-state index in [1.165, 1.54) is 12.1 Å². The summed E-state index contributed by atoms with van der Waals surface area (Å²) in [5, 5.41) is 28.7. The van der Waals surface area contributed by atoms with Gasteiger partial charge in [0.2, 0.25) is 5.82 Å². The highest BCUT2D eigenvalue weighted by atomic mass is 19.1. The van der Waals surface area contributed by atoms with Crippen LogP contribution >= 0.6 is 0 Å². The summed E-state index contributed by atoms with van der Waals surface area (Å²) in [6.45, 7) is 0.0329. The molecule has 0 saturated carbocycles. The molecule has 10 heteroatoms. The van der Waals surface area contributed by atoms with Gasteiger partial charge in [-0.1, -0.05) is 6.07 Å². The summed E-state index contributed by atoms with van der Waals surface area (Å²) in [4.78, 5) is 4.43. The van der Waals surface area contributed by atoms with Gasteiger partial charge in [-0.25, -0.2) is 9.02 Å². The highest BCUT2D eigenvalue weighted by Gasteiger charge is 2.25. The standard InChI is InChI=1S/C15H19FN6O3/c16-9-3-1-8-2-4-12(11(8)5-9)19-15(20-24)13-14(22-25-21-13)18-6-10(17)7-23/h1,3,5,10,12,23-24H,2,4,6-7,17H2,(H,18,22)(H,19,20)/t10-,12?/m0/s1. The summed E-state index contributed by atoms with van der Waals surface area (Å²) >= 11 is 0. The molecule has 1 unspecified atom stereocenters. The minimum Gasteiger partial charge on any atom is -0.395 e. The van der Waals surface area contributed by atoms with Crippen molar-refractivity contribution in [3.63, 3.8) is 0 Å². The number of nitrogens with two attached hydrogens (primary N) is 1. The Morgan fingerprint density at radius 2 is 2.32 bits per heavy atom. The molecular formula is C15H19FN6O3. The molecule has 1 aliphatic carbocycles. The summed E-state index contributed by atoms with van der Waals surface area (Å²) in [7, 11) is 0. The van der Waals surface area contributed by atoms with Crippen molar-refractivity contribution in [1.82, 2.24) is 15.8 Å². The summed E-state index contributed by atoms with van der Waals surface area (Å²) < 4.78 is 18.2. The molecule has 9 nitrogen and oxygen atoms in total. The highest BCUT2D eigenvalue weighted by Crippen LogP contribution is 2.35.